The summed E-state index contributed by atoms with van der Waals surface area (Å²) in [6.07, 6.45) is 23.8. The lowest BCUT2D eigenvalue weighted by atomic mass is 10.0. The Morgan fingerprint density at radius 1 is 0.525 bits per heavy atom. The van der Waals surface area contributed by atoms with Crippen LogP contribution in [0.2, 0.25) is 6.04 Å². The number of quaternary nitrogens is 1. The van der Waals surface area contributed by atoms with Crippen molar-refractivity contribution in [3.8, 4) is 0 Å². The molecule has 40 heavy (non-hydrogen) atoms. The molecule has 1 aromatic rings. The summed E-state index contributed by atoms with van der Waals surface area (Å²) in [6, 6.07) is 11.9. The number of nitrogens with zero attached hydrogens (tertiary/aromatic N) is 1. The summed E-state index contributed by atoms with van der Waals surface area (Å²) >= 11 is 0. The first kappa shape index (κ1) is 37.3. The third-order valence-corrected chi connectivity index (χ3v) is 11.4. The van der Waals surface area contributed by atoms with Gasteiger partial charge in [0.2, 0.25) is 0 Å². The molecule has 0 heterocycles. The van der Waals surface area contributed by atoms with Gasteiger partial charge < -0.3 is 17.8 Å². The van der Waals surface area contributed by atoms with E-state index in [0.29, 0.717) is 19.8 Å². The average molecular weight is 579 g/mol. The van der Waals surface area contributed by atoms with Gasteiger partial charge in [-0.15, -0.1) is 0 Å². The molecule has 0 aromatic heterocycles. The van der Waals surface area contributed by atoms with Crippen molar-refractivity contribution in [1.29, 1.82) is 0 Å². The van der Waals surface area contributed by atoms with Crippen molar-refractivity contribution in [3.05, 3.63) is 35.9 Å². The van der Waals surface area contributed by atoms with Crippen molar-refractivity contribution in [3.63, 3.8) is 0 Å². The van der Waals surface area contributed by atoms with Crippen molar-refractivity contribution in [1.82, 2.24) is 0 Å². The number of rotatable bonds is 29. The standard InChI is InChI=1S/C35H68NO3Si/c1-6-10-11-12-13-14-15-16-17-18-19-20-21-22-23-27-31-36(5,34-35-29-25-24-26-30-35)32-28-33-40(37-7-2,38-8-3)39-9-4/h24-26,29-30H,6-23,27-28,31-34H2,1-5H3/q+1. The van der Waals surface area contributed by atoms with E-state index in [1.54, 1.807) is 0 Å². The zero-order chi connectivity index (χ0) is 29.2. The summed E-state index contributed by atoms with van der Waals surface area (Å²) in [5.74, 6) is 0. The molecule has 1 aromatic carbocycles. The summed E-state index contributed by atoms with van der Waals surface area (Å²) < 4.78 is 19.5. The highest BCUT2D eigenvalue weighted by molar-refractivity contribution is 6.60. The van der Waals surface area contributed by atoms with Crippen molar-refractivity contribution in [2.45, 2.75) is 149 Å². The summed E-state index contributed by atoms with van der Waals surface area (Å²) in [5.41, 5.74) is 1.43. The molecular formula is C35H68NO3Si+. The molecule has 0 N–H and O–H groups in total. The van der Waals surface area contributed by atoms with Crippen LogP contribution in [0.25, 0.3) is 0 Å². The molecule has 0 amide bonds. The fourth-order valence-corrected chi connectivity index (χ4v) is 8.61. The summed E-state index contributed by atoms with van der Waals surface area (Å²) in [6.45, 7) is 13.9. The monoisotopic (exact) mass is 578 g/mol. The highest BCUT2D eigenvalue weighted by atomic mass is 28.4. The van der Waals surface area contributed by atoms with Crippen molar-refractivity contribution in [2.75, 3.05) is 40.0 Å². The maximum atomic E-state index is 6.12. The van der Waals surface area contributed by atoms with Crippen LogP contribution in [0.4, 0.5) is 0 Å². The Morgan fingerprint density at radius 3 is 1.35 bits per heavy atom. The van der Waals surface area contributed by atoms with E-state index < -0.39 is 8.80 Å². The van der Waals surface area contributed by atoms with Crippen molar-refractivity contribution in [2.24, 2.45) is 0 Å². The molecule has 5 heteroatoms. The van der Waals surface area contributed by atoms with Gasteiger partial charge in [-0.25, -0.2) is 0 Å². The molecule has 0 spiro atoms. The number of unbranched alkanes of at least 4 members (excludes halogenated alkanes) is 15. The smallest absolute Gasteiger partial charge is 0.374 e. The van der Waals surface area contributed by atoms with Gasteiger partial charge in [0.15, 0.2) is 0 Å². The SMILES string of the molecule is CCCCCCCCCCCCCCCCCC[N+](C)(CCC[Si](OCC)(OCC)OCC)Cc1ccccc1. The third kappa shape index (κ3) is 18.7. The predicted octanol–water partition coefficient (Wildman–Crippen LogP) is 10.3. The van der Waals surface area contributed by atoms with Gasteiger partial charge in [-0.1, -0.05) is 127 Å². The van der Waals surface area contributed by atoms with Gasteiger partial charge in [0.25, 0.3) is 0 Å². The minimum atomic E-state index is -2.57. The first-order valence-electron chi connectivity index (χ1n) is 17.3. The molecule has 0 radical (unpaired) electrons. The molecule has 234 valence electrons. The second-order valence-electron chi connectivity index (χ2n) is 12.1. The molecular weight excluding hydrogens is 510 g/mol. The van der Waals surface area contributed by atoms with Gasteiger partial charge in [-0.05, 0) is 33.6 Å². The molecule has 0 aliphatic carbocycles. The molecule has 0 bridgehead atoms. The zero-order valence-corrected chi connectivity index (χ0v) is 28.5. The molecule has 0 saturated heterocycles. The maximum absolute atomic E-state index is 6.12. The minimum Gasteiger partial charge on any atom is -0.374 e. The van der Waals surface area contributed by atoms with Crippen LogP contribution in [0.1, 0.15) is 142 Å². The van der Waals surface area contributed by atoms with Crippen molar-refractivity contribution < 1.29 is 17.8 Å². The highest BCUT2D eigenvalue weighted by Crippen LogP contribution is 2.22. The quantitative estimate of drug-likeness (QED) is 0.0537. The molecule has 1 unspecified atom stereocenters. The first-order valence-corrected chi connectivity index (χ1v) is 19.3. The minimum absolute atomic E-state index is 0.654. The van der Waals surface area contributed by atoms with E-state index in [2.05, 4.69) is 44.3 Å². The lowest BCUT2D eigenvalue weighted by molar-refractivity contribution is -0.922. The van der Waals surface area contributed by atoms with Crippen LogP contribution in [0.5, 0.6) is 0 Å². The van der Waals surface area contributed by atoms with Crippen LogP contribution in [0, 0.1) is 0 Å². The summed E-state index contributed by atoms with van der Waals surface area (Å²) in [7, 11) is -0.126. The molecule has 0 saturated carbocycles. The van der Waals surface area contributed by atoms with Gasteiger partial charge in [0.1, 0.15) is 6.54 Å². The normalized spacial score (nSPS) is 13.5. The van der Waals surface area contributed by atoms with E-state index >= 15 is 0 Å². The second kappa shape index (κ2) is 24.8. The van der Waals surface area contributed by atoms with Gasteiger partial charge in [0, 0.05) is 37.8 Å². The second-order valence-corrected chi connectivity index (χ2v) is 14.8. The molecule has 0 fully saturated rings. The van der Waals surface area contributed by atoms with Crippen LogP contribution in [-0.2, 0) is 19.8 Å². The number of hydrogen-bond acceptors (Lipinski definition) is 3. The van der Waals surface area contributed by atoms with Crippen LogP contribution >= 0.6 is 0 Å². The van der Waals surface area contributed by atoms with Gasteiger partial charge in [-0.3, -0.25) is 0 Å². The lowest BCUT2D eigenvalue weighted by Crippen LogP contribution is -2.49. The van der Waals surface area contributed by atoms with Gasteiger partial charge >= 0.3 is 8.80 Å². The van der Waals surface area contributed by atoms with Gasteiger partial charge in [0.05, 0.1) is 20.1 Å². The van der Waals surface area contributed by atoms with Crippen LogP contribution in [0.15, 0.2) is 30.3 Å². The van der Waals surface area contributed by atoms with E-state index in [-0.39, 0.29) is 0 Å². The Morgan fingerprint density at radius 2 is 0.925 bits per heavy atom. The fourth-order valence-electron chi connectivity index (χ4n) is 6.01. The molecule has 0 aliphatic rings. The van der Waals surface area contributed by atoms with E-state index in [1.165, 1.54) is 115 Å². The third-order valence-electron chi connectivity index (χ3n) is 8.23. The summed E-state index contributed by atoms with van der Waals surface area (Å²) in [5, 5.41) is 0. The van der Waals surface area contributed by atoms with Crippen molar-refractivity contribution >= 4 is 8.80 Å². The van der Waals surface area contributed by atoms with Crippen LogP contribution in [0.3, 0.4) is 0 Å². The number of benzene rings is 1. The predicted molar refractivity (Wildman–Crippen MR) is 176 cm³/mol. The van der Waals surface area contributed by atoms with Crippen LogP contribution < -0.4 is 0 Å². The first-order chi connectivity index (χ1) is 19.5. The molecule has 0 aliphatic heterocycles. The Kier molecular flexibility index (Phi) is 23.2. The number of hydrogen-bond donors (Lipinski definition) is 0. The Balaban J connectivity index is 2.33. The average Bonchev–Trinajstić information content (AvgIpc) is 2.94. The molecule has 1 atom stereocenters. The van der Waals surface area contributed by atoms with Gasteiger partial charge in [-0.2, -0.15) is 0 Å². The largest absolute Gasteiger partial charge is 0.501 e. The topological polar surface area (TPSA) is 27.7 Å². The fraction of sp³-hybridized carbons (Fsp3) is 0.829. The van der Waals surface area contributed by atoms with Crippen LogP contribution in [-0.4, -0.2) is 53.2 Å². The highest BCUT2D eigenvalue weighted by Gasteiger charge is 2.40. The molecule has 4 nitrogen and oxygen atoms in total. The van der Waals surface area contributed by atoms with E-state index in [0.717, 1.165) is 30.0 Å². The maximum Gasteiger partial charge on any atom is 0.501 e. The molecule has 1 rings (SSSR count). The summed E-state index contributed by atoms with van der Waals surface area (Å²) in [4.78, 5) is 0. The van der Waals surface area contributed by atoms with E-state index in [4.69, 9.17) is 13.3 Å². The zero-order valence-electron chi connectivity index (χ0n) is 27.5. The van der Waals surface area contributed by atoms with E-state index in [1.807, 2.05) is 20.8 Å². The Bertz CT molecular complexity index is 657. The van der Waals surface area contributed by atoms with E-state index in [9.17, 15) is 0 Å². The Hall–Kier alpha value is -0.723. The Labute approximate surface area is 251 Å². The lowest BCUT2D eigenvalue weighted by Gasteiger charge is -2.36.